The van der Waals surface area contributed by atoms with Gasteiger partial charge in [0.25, 0.3) is 0 Å². The Morgan fingerprint density at radius 1 is 1.39 bits per heavy atom. The summed E-state index contributed by atoms with van der Waals surface area (Å²) in [6.45, 7) is 3.81. The molecule has 0 saturated carbocycles. The molecule has 1 fully saturated rings. The molecule has 0 aliphatic carbocycles. The average Bonchev–Trinajstić information content (AvgIpc) is 2.53. The summed E-state index contributed by atoms with van der Waals surface area (Å²) >= 11 is 0. The van der Waals surface area contributed by atoms with Gasteiger partial charge in [0.15, 0.2) is 5.82 Å². The molecule has 2 aliphatic rings. The molecule has 1 amide bonds. The second-order valence-electron chi connectivity index (χ2n) is 6.10. The lowest BCUT2D eigenvalue weighted by Gasteiger charge is -2.43. The lowest BCUT2D eigenvalue weighted by molar-refractivity contribution is -0.185. The highest BCUT2D eigenvalue weighted by atomic mass is 16.7. The zero-order chi connectivity index (χ0) is 16.4. The summed E-state index contributed by atoms with van der Waals surface area (Å²) < 4.78 is 0. The Labute approximate surface area is 135 Å². The molecule has 1 aromatic heterocycles. The van der Waals surface area contributed by atoms with E-state index in [1.807, 2.05) is 25.0 Å². The molecule has 2 bridgehead atoms. The van der Waals surface area contributed by atoms with Gasteiger partial charge < -0.3 is 10.2 Å². The molecule has 1 aromatic rings. The quantitative estimate of drug-likeness (QED) is 0.654. The second-order valence-corrected chi connectivity index (χ2v) is 6.10. The maximum Gasteiger partial charge on any atom is 0.426 e. The minimum atomic E-state index is -0.433. The number of anilines is 1. The average molecular weight is 318 g/mol. The first-order chi connectivity index (χ1) is 11.1. The fourth-order valence-electron chi connectivity index (χ4n) is 3.15. The van der Waals surface area contributed by atoms with Crippen molar-refractivity contribution < 1.29 is 9.63 Å². The number of nitrogens with one attached hydrogen (secondary N) is 2. The molecular formula is C15H22N6O2. The first kappa shape index (κ1) is 15.7. The number of hydrogen-bond donors (Lipinski definition) is 2. The summed E-state index contributed by atoms with van der Waals surface area (Å²) in [7, 11) is 1.56. The highest BCUT2D eigenvalue weighted by Gasteiger charge is 2.41. The Morgan fingerprint density at radius 3 is 2.96 bits per heavy atom. The van der Waals surface area contributed by atoms with E-state index in [1.54, 1.807) is 7.05 Å². The summed E-state index contributed by atoms with van der Waals surface area (Å²) in [5.74, 6) is 0.605. The van der Waals surface area contributed by atoms with E-state index in [4.69, 9.17) is 4.84 Å². The number of nitrogens with zero attached hydrogens (tertiary/aromatic N) is 4. The van der Waals surface area contributed by atoms with Gasteiger partial charge in [-0.15, -0.1) is 10.2 Å². The van der Waals surface area contributed by atoms with E-state index in [1.165, 1.54) is 0 Å². The minimum absolute atomic E-state index is 0.0255. The van der Waals surface area contributed by atoms with Crippen LogP contribution in [0.4, 0.5) is 10.6 Å². The number of hydrogen-bond acceptors (Lipinski definition) is 7. The second kappa shape index (κ2) is 6.49. The van der Waals surface area contributed by atoms with Gasteiger partial charge in [-0.2, -0.15) is 10.2 Å². The van der Waals surface area contributed by atoms with Crippen LogP contribution in [0.15, 0.2) is 11.2 Å². The number of carbonyl (C=O) groups excluding carboxylic acids is 1. The molecule has 1 saturated heterocycles. The summed E-state index contributed by atoms with van der Waals surface area (Å²) in [5.41, 5.74) is 5.87. The van der Waals surface area contributed by atoms with Crippen LogP contribution in [-0.2, 0) is 11.3 Å². The fourth-order valence-corrected chi connectivity index (χ4v) is 3.15. The SMILES string of the molecule is CNC(=O)ON1C2CCCC1c1cc(NN=C(C)C)nnc1C2. The summed E-state index contributed by atoms with van der Waals surface area (Å²) in [5, 5.41) is 17.0. The molecule has 2 unspecified atom stereocenters. The molecule has 8 heteroatoms. The van der Waals surface area contributed by atoms with Gasteiger partial charge in [-0.1, -0.05) is 0 Å². The molecule has 0 radical (unpaired) electrons. The smallest absolute Gasteiger partial charge is 0.350 e. The molecular weight excluding hydrogens is 296 g/mol. The fraction of sp³-hybridized carbons (Fsp3) is 0.600. The number of rotatable bonds is 3. The maximum atomic E-state index is 11.6. The molecule has 8 nitrogen and oxygen atoms in total. The largest absolute Gasteiger partial charge is 0.426 e. The molecule has 124 valence electrons. The van der Waals surface area contributed by atoms with E-state index in [2.05, 4.69) is 26.0 Å². The van der Waals surface area contributed by atoms with E-state index in [0.29, 0.717) is 5.82 Å². The zero-order valence-corrected chi connectivity index (χ0v) is 13.7. The van der Waals surface area contributed by atoms with Crippen LogP contribution in [0, 0.1) is 0 Å². The number of amides is 1. The molecule has 2 atom stereocenters. The van der Waals surface area contributed by atoms with Crippen LogP contribution < -0.4 is 10.7 Å². The van der Waals surface area contributed by atoms with Crippen LogP contribution in [-0.4, -0.2) is 40.2 Å². The number of piperidine rings is 1. The molecule has 2 aliphatic heterocycles. The van der Waals surface area contributed by atoms with E-state index >= 15 is 0 Å². The molecule has 0 aromatic carbocycles. The van der Waals surface area contributed by atoms with E-state index < -0.39 is 6.09 Å². The third-order valence-corrected chi connectivity index (χ3v) is 4.16. The summed E-state index contributed by atoms with van der Waals surface area (Å²) in [6, 6.07) is 2.15. The summed E-state index contributed by atoms with van der Waals surface area (Å²) in [4.78, 5) is 17.1. The normalized spacial score (nSPS) is 22.7. The summed E-state index contributed by atoms with van der Waals surface area (Å²) in [6.07, 6.45) is 3.35. The van der Waals surface area contributed by atoms with E-state index in [0.717, 1.165) is 42.7 Å². The van der Waals surface area contributed by atoms with Crippen LogP contribution in [0.3, 0.4) is 0 Å². The van der Waals surface area contributed by atoms with Gasteiger partial charge in [0, 0.05) is 19.2 Å². The van der Waals surface area contributed by atoms with Crippen molar-refractivity contribution in [2.75, 3.05) is 12.5 Å². The molecule has 2 N–H and O–H groups in total. The highest BCUT2D eigenvalue weighted by Crippen LogP contribution is 2.41. The van der Waals surface area contributed by atoms with Crippen molar-refractivity contribution >= 4 is 17.6 Å². The van der Waals surface area contributed by atoms with Crippen LogP contribution in [0.2, 0.25) is 0 Å². The lowest BCUT2D eigenvalue weighted by Crippen LogP contribution is -2.49. The Hall–Kier alpha value is -2.22. The van der Waals surface area contributed by atoms with Crippen LogP contribution >= 0.6 is 0 Å². The van der Waals surface area contributed by atoms with Gasteiger partial charge in [0.1, 0.15) is 0 Å². The predicted octanol–water partition coefficient (Wildman–Crippen LogP) is 2.01. The number of carbonyl (C=O) groups is 1. The molecule has 3 heterocycles. The molecule has 3 rings (SSSR count). The van der Waals surface area contributed by atoms with Gasteiger partial charge in [-0.3, -0.25) is 5.43 Å². The monoisotopic (exact) mass is 318 g/mol. The van der Waals surface area contributed by atoms with Crippen molar-refractivity contribution in [2.24, 2.45) is 5.10 Å². The minimum Gasteiger partial charge on any atom is -0.350 e. The van der Waals surface area contributed by atoms with Crippen molar-refractivity contribution in [2.45, 2.75) is 51.6 Å². The lowest BCUT2D eigenvalue weighted by atomic mass is 9.84. The number of hydroxylamine groups is 2. The third-order valence-electron chi connectivity index (χ3n) is 4.16. The van der Waals surface area contributed by atoms with Crippen molar-refractivity contribution in [3.8, 4) is 0 Å². The number of hydrazone groups is 1. The number of fused-ring (bicyclic) bond motifs is 4. The Kier molecular flexibility index (Phi) is 4.42. The number of aromatic nitrogens is 2. The van der Waals surface area contributed by atoms with Crippen LogP contribution in [0.5, 0.6) is 0 Å². The maximum absolute atomic E-state index is 11.6. The van der Waals surface area contributed by atoms with Gasteiger partial charge in [-0.25, -0.2) is 4.79 Å². The first-order valence-corrected chi connectivity index (χ1v) is 7.90. The highest BCUT2D eigenvalue weighted by molar-refractivity contribution is 5.79. The zero-order valence-electron chi connectivity index (χ0n) is 13.7. The van der Waals surface area contributed by atoms with Crippen molar-refractivity contribution in [1.82, 2.24) is 20.6 Å². The Morgan fingerprint density at radius 2 is 2.22 bits per heavy atom. The van der Waals surface area contributed by atoms with E-state index in [9.17, 15) is 4.79 Å². The molecule has 0 spiro atoms. The van der Waals surface area contributed by atoms with Crippen molar-refractivity contribution in [3.63, 3.8) is 0 Å². The van der Waals surface area contributed by atoms with Gasteiger partial charge in [0.05, 0.1) is 17.8 Å². The van der Waals surface area contributed by atoms with Crippen molar-refractivity contribution in [1.29, 1.82) is 0 Å². The van der Waals surface area contributed by atoms with Gasteiger partial charge in [-0.05, 0) is 44.7 Å². The predicted molar refractivity (Wildman–Crippen MR) is 85.9 cm³/mol. The van der Waals surface area contributed by atoms with Crippen LogP contribution in [0.25, 0.3) is 0 Å². The van der Waals surface area contributed by atoms with E-state index in [-0.39, 0.29) is 12.1 Å². The standard InChI is InChI=1S/C15H22N6O2/c1-9(2)17-19-14-8-11-12(18-20-14)7-10-5-4-6-13(11)21(10)23-15(22)16-3/h8,10,13H,4-7H2,1-3H3,(H,16,22)(H,19,20). The Bertz CT molecular complexity index is 628. The Balaban J connectivity index is 1.88. The van der Waals surface area contributed by atoms with Crippen molar-refractivity contribution in [3.05, 3.63) is 17.3 Å². The topological polar surface area (TPSA) is 91.7 Å². The third kappa shape index (κ3) is 3.26. The van der Waals surface area contributed by atoms with Gasteiger partial charge >= 0.3 is 6.09 Å². The van der Waals surface area contributed by atoms with Crippen LogP contribution in [0.1, 0.15) is 50.4 Å². The van der Waals surface area contributed by atoms with Gasteiger partial charge in [0.2, 0.25) is 0 Å². The molecule has 23 heavy (non-hydrogen) atoms. The first-order valence-electron chi connectivity index (χ1n) is 7.90.